The van der Waals surface area contributed by atoms with Crippen LogP contribution in [0.5, 0.6) is 0 Å². The molecule has 0 radical (unpaired) electrons. The monoisotopic (exact) mass is 259 g/mol. The summed E-state index contributed by atoms with van der Waals surface area (Å²) in [5.41, 5.74) is 2.82. The third-order valence-electron chi connectivity index (χ3n) is 3.98. The normalized spacial score (nSPS) is 17.5. The van der Waals surface area contributed by atoms with Gasteiger partial charge in [0, 0.05) is 11.5 Å². The van der Waals surface area contributed by atoms with Crippen LogP contribution < -0.4 is 5.32 Å². The largest absolute Gasteiger partial charge is 0.501 e. The molecule has 0 fully saturated rings. The summed E-state index contributed by atoms with van der Waals surface area (Å²) in [6.45, 7) is 8.61. The number of likely N-dealkylation sites (N-methyl/N-ethyl adjacent to an activating group) is 1. The van der Waals surface area contributed by atoms with E-state index in [1.54, 1.807) is 0 Å². The van der Waals surface area contributed by atoms with Crippen LogP contribution in [0.3, 0.4) is 0 Å². The summed E-state index contributed by atoms with van der Waals surface area (Å²) in [4.78, 5) is 0. The average Bonchev–Trinajstić information content (AvgIpc) is 2.46. The molecule has 2 heteroatoms. The lowest BCUT2D eigenvalue weighted by Crippen LogP contribution is -2.46. The molecule has 2 nitrogen and oxygen atoms in total. The number of benzene rings is 1. The lowest BCUT2D eigenvalue weighted by molar-refractivity contribution is 0.212. The van der Waals surface area contributed by atoms with Crippen LogP contribution in [0.1, 0.15) is 39.2 Å². The van der Waals surface area contributed by atoms with E-state index in [9.17, 15) is 0 Å². The summed E-state index contributed by atoms with van der Waals surface area (Å²) in [6, 6.07) is 11.1. The van der Waals surface area contributed by atoms with Crippen molar-refractivity contribution in [1.29, 1.82) is 0 Å². The van der Waals surface area contributed by atoms with Crippen LogP contribution in [0.2, 0.25) is 0 Å². The van der Waals surface area contributed by atoms with Crippen molar-refractivity contribution >= 4 is 0 Å². The SMILES string of the molecule is CCNC(C1=COCCC1)C(C)(C)c1ccccc1. The molecule has 0 spiro atoms. The standard InChI is InChI=1S/C17H25NO/c1-4-18-16(14-9-8-12-19-13-14)17(2,3)15-10-6-5-7-11-15/h5-7,10-11,13,16,18H,4,8-9,12H2,1-3H3. The third-order valence-corrected chi connectivity index (χ3v) is 3.98. The van der Waals surface area contributed by atoms with E-state index in [0.717, 1.165) is 26.0 Å². The van der Waals surface area contributed by atoms with Crippen LogP contribution in [0.25, 0.3) is 0 Å². The minimum absolute atomic E-state index is 0.0593. The fraction of sp³-hybridized carbons (Fsp3) is 0.529. The van der Waals surface area contributed by atoms with Gasteiger partial charge in [0.05, 0.1) is 12.9 Å². The first-order chi connectivity index (χ1) is 9.16. The number of hydrogen-bond acceptors (Lipinski definition) is 2. The molecule has 1 unspecified atom stereocenters. The predicted molar refractivity (Wildman–Crippen MR) is 80.2 cm³/mol. The Balaban J connectivity index is 2.29. The van der Waals surface area contributed by atoms with Crippen molar-refractivity contribution in [1.82, 2.24) is 5.32 Å². The molecule has 1 N–H and O–H groups in total. The van der Waals surface area contributed by atoms with E-state index < -0.39 is 0 Å². The molecule has 2 rings (SSSR count). The van der Waals surface area contributed by atoms with Gasteiger partial charge in [0.1, 0.15) is 0 Å². The molecule has 1 aromatic rings. The molecule has 104 valence electrons. The molecule has 1 aliphatic rings. The summed E-state index contributed by atoms with van der Waals surface area (Å²) in [7, 11) is 0. The highest BCUT2D eigenvalue weighted by molar-refractivity contribution is 5.31. The second-order valence-corrected chi connectivity index (χ2v) is 5.75. The minimum Gasteiger partial charge on any atom is -0.501 e. The molecular formula is C17H25NO. The molecule has 0 saturated heterocycles. The van der Waals surface area contributed by atoms with Gasteiger partial charge in [0.25, 0.3) is 0 Å². The maximum Gasteiger partial charge on any atom is 0.0876 e. The highest BCUT2D eigenvalue weighted by Crippen LogP contribution is 2.33. The van der Waals surface area contributed by atoms with Crippen LogP contribution in [0.4, 0.5) is 0 Å². The van der Waals surface area contributed by atoms with Crippen LogP contribution in [-0.2, 0) is 10.2 Å². The maximum atomic E-state index is 5.54. The summed E-state index contributed by atoms with van der Waals surface area (Å²) in [6.07, 6.45) is 4.23. The van der Waals surface area contributed by atoms with Crippen molar-refractivity contribution in [3.63, 3.8) is 0 Å². The zero-order valence-electron chi connectivity index (χ0n) is 12.3. The van der Waals surface area contributed by atoms with E-state index in [0.29, 0.717) is 6.04 Å². The average molecular weight is 259 g/mol. The second-order valence-electron chi connectivity index (χ2n) is 5.75. The van der Waals surface area contributed by atoms with E-state index in [1.807, 2.05) is 6.26 Å². The molecule has 1 aromatic carbocycles. The Morgan fingerprint density at radius 2 is 2.00 bits per heavy atom. The molecule has 1 atom stereocenters. The molecule has 0 bridgehead atoms. The Hall–Kier alpha value is -1.28. The highest BCUT2D eigenvalue weighted by Gasteiger charge is 2.33. The Labute approximate surface area is 116 Å². The summed E-state index contributed by atoms with van der Waals surface area (Å²) in [5.74, 6) is 0. The van der Waals surface area contributed by atoms with Crippen molar-refractivity contribution in [3.8, 4) is 0 Å². The first kappa shape index (κ1) is 14.1. The topological polar surface area (TPSA) is 21.3 Å². The molecule has 19 heavy (non-hydrogen) atoms. The highest BCUT2D eigenvalue weighted by atomic mass is 16.5. The third kappa shape index (κ3) is 3.19. The van der Waals surface area contributed by atoms with E-state index >= 15 is 0 Å². The summed E-state index contributed by atoms with van der Waals surface area (Å²) >= 11 is 0. The van der Waals surface area contributed by atoms with Crippen LogP contribution in [-0.4, -0.2) is 19.2 Å². The van der Waals surface area contributed by atoms with E-state index in [-0.39, 0.29) is 5.41 Å². The van der Waals surface area contributed by atoms with E-state index in [4.69, 9.17) is 4.74 Å². The van der Waals surface area contributed by atoms with Crippen LogP contribution in [0.15, 0.2) is 42.2 Å². The van der Waals surface area contributed by atoms with Gasteiger partial charge in [-0.2, -0.15) is 0 Å². The molecule has 1 heterocycles. The van der Waals surface area contributed by atoms with E-state index in [2.05, 4.69) is 56.4 Å². The summed E-state index contributed by atoms with van der Waals surface area (Å²) < 4.78 is 5.54. The Kier molecular flexibility index (Phi) is 4.65. The molecule has 0 aliphatic carbocycles. The first-order valence-corrected chi connectivity index (χ1v) is 7.25. The lowest BCUT2D eigenvalue weighted by atomic mass is 9.74. The maximum absolute atomic E-state index is 5.54. The smallest absolute Gasteiger partial charge is 0.0876 e. The zero-order chi connectivity index (χ0) is 13.7. The van der Waals surface area contributed by atoms with Gasteiger partial charge < -0.3 is 10.1 Å². The Morgan fingerprint density at radius 1 is 1.26 bits per heavy atom. The van der Waals surface area contributed by atoms with Gasteiger partial charge in [-0.1, -0.05) is 51.1 Å². The summed E-state index contributed by atoms with van der Waals surface area (Å²) in [5, 5.41) is 3.64. The molecule has 1 aliphatic heterocycles. The van der Waals surface area contributed by atoms with Crippen molar-refractivity contribution < 1.29 is 4.74 Å². The lowest BCUT2D eigenvalue weighted by Gasteiger charge is -2.38. The molecular weight excluding hydrogens is 234 g/mol. The van der Waals surface area contributed by atoms with Crippen molar-refractivity contribution in [2.45, 2.75) is 45.1 Å². The van der Waals surface area contributed by atoms with Gasteiger partial charge >= 0.3 is 0 Å². The number of rotatable bonds is 5. The van der Waals surface area contributed by atoms with Gasteiger partial charge in [-0.05, 0) is 30.5 Å². The van der Waals surface area contributed by atoms with Gasteiger partial charge in [-0.25, -0.2) is 0 Å². The minimum atomic E-state index is 0.0593. The van der Waals surface area contributed by atoms with Crippen molar-refractivity contribution in [2.75, 3.05) is 13.2 Å². The fourth-order valence-electron chi connectivity index (χ4n) is 2.89. The van der Waals surface area contributed by atoms with E-state index in [1.165, 1.54) is 11.1 Å². The number of hydrogen-bond donors (Lipinski definition) is 1. The van der Waals surface area contributed by atoms with Gasteiger partial charge in [-0.3, -0.25) is 0 Å². The second kappa shape index (κ2) is 6.25. The van der Waals surface area contributed by atoms with Gasteiger partial charge in [0.2, 0.25) is 0 Å². The quantitative estimate of drug-likeness (QED) is 0.871. The van der Waals surface area contributed by atoms with Crippen molar-refractivity contribution in [3.05, 3.63) is 47.7 Å². The van der Waals surface area contributed by atoms with Crippen LogP contribution in [0, 0.1) is 0 Å². The molecule has 0 aromatic heterocycles. The molecule has 0 saturated carbocycles. The Bertz CT molecular complexity index is 422. The fourth-order valence-corrected chi connectivity index (χ4v) is 2.89. The predicted octanol–water partition coefficient (Wildman–Crippen LogP) is 3.64. The van der Waals surface area contributed by atoms with Gasteiger partial charge in [-0.15, -0.1) is 0 Å². The first-order valence-electron chi connectivity index (χ1n) is 7.25. The zero-order valence-corrected chi connectivity index (χ0v) is 12.3. The van der Waals surface area contributed by atoms with Gasteiger partial charge in [0.15, 0.2) is 0 Å². The molecule has 0 amide bonds. The van der Waals surface area contributed by atoms with Crippen LogP contribution >= 0.6 is 0 Å². The number of nitrogens with one attached hydrogen (secondary N) is 1. The Morgan fingerprint density at radius 3 is 2.58 bits per heavy atom. The van der Waals surface area contributed by atoms with Crippen molar-refractivity contribution in [2.24, 2.45) is 0 Å². The number of ether oxygens (including phenoxy) is 1.